The van der Waals surface area contributed by atoms with Crippen molar-refractivity contribution in [2.75, 3.05) is 5.32 Å². The van der Waals surface area contributed by atoms with Crippen LogP contribution in [0.2, 0.25) is 10.0 Å². The minimum absolute atomic E-state index is 0.451. The molecule has 1 unspecified atom stereocenters. The molecule has 0 aromatic heterocycles. The second-order valence-corrected chi connectivity index (χ2v) is 4.86. The number of carbonyl (C=O) groups is 1. The van der Waals surface area contributed by atoms with Crippen LogP contribution in [0, 0.1) is 0 Å². The van der Waals surface area contributed by atoms with Gasteiger partial charge in [-0.05, 0) is 23.8 Å². The lowest BCUT2D eigenvalue weighted by Crippen LogP contribution is -2.20. The number of anilines is 1. The third kappa shape index (κ3) is 3.63. The maximum Gasteiger partial charge on any atom is 0.330 e. The summed E-state index contributed by atoms with van der Waals surface area (Å²) in [6.45, 7) is 0. The van der Waals surface area contributed by atoms with Gasteiger partial charge in [-0.15, -0.1) is 0 Å². The van der Waals surface area contributed by atoms with Gasteiger partial charge in [-0.1, -0.05) is 53.5 Å². The fourth-order valence-corrected chi connectivity index (χ4v) is 2.26. The molecule has 0 aliphatic carbocycles. The van der Waals surface area contributed by atoms with Crippen LogP contribution in [0.1, 0.15) is 11.6 Å². The molecule has 0 saturated heterocycles. The van der Waals surface area contributed by atoms with Gasteiger partial charge in [-0.25, -0.2) is 4.79 Å². The number of halogens is 2. The molecular weight excluding hydrogens is 285 g/mol. The Hall–Kier alpha value is -1.71. The number of carboxylic acid groups (broad SMARTS) is 1. The summed E-state index contributed by atoms with van der Waals surface area (Å²) < 4.78 is 0. The highest BCUT2D eigenvalue weighted by Crippen LogP contribution is 2.26. The third-order valence-corrected chi connectivity index (χ3v) is 2.99. The first-order chi connectivity index (χ1) is 9.06. The summed E-state index contributed by atoms with van der Waals surface area (Å²) in [5, 5.41) is 13.1. The highest BCUT2D eigenvalue weighted by Gasteiger charge is 2.19. The smallest absolute Gasteiger partial charge is 0.330 e. The average Bonchev–Trinajstić information content (AvgIpc) is 2.35. The zero-order valence-electron chi connectivity index (χ0n) is 9.81. The lowest BCUT2D eigenvalue weighted by molar-refractivity contribution is -0.138. The van der Waals surface area contributed by atoms with Crippen molar-refractivity contribution in [3.63, 3.8) is 0 Å². The van der Waals surface area contributed by atoms with Crippen LogP contribution >= 0.6 is 23.2 Å². The van der Waals surface area contributed by atoms with E-state index in [1.807, 2.05) is 6.07 Å². The van der Waals surface area contributed by atoms with Crippen LogP contribution in [0.4, 0.5) is 5.69 Å². The molecular formula is C14H11Cl2NO2. The molecule has 0 spiro atoms. The molecule has 98 valence electrons. The van der Waals surface area contributed by atoms with E-state index < -0.39 is 12.0 Å². The van der Waals surface area contributed by atoms with E-state index in [1.54, 1.807) is 42.5 Å². The molecule has 0 bridgehead atoms. The summed E-state index contributed by atoms with van der Waals surface area (Å²) >= 11 is 11.8. The summed E-state index contributed by atoms with van der Waals surface area (Å²) in [5.74, 6) is -0.970. The Balaban J connectivity index is 2.29. The fraction of sp³-hybridized carbons (Fsp3) is 0.0714. The van der Waals surface area contributed by atoms with Crippen molar-refractivity contribution in [2.45, 2.75) is 6.04 Å². The first kappa shape index (κ1) is 13.7. The normalized spacial score (nSPS) is 11.9. The molecule has 2 aromatic carbocycles. The van der Waals surface area contributed by atoms with E-state index in [9.17, 15) is 9.90 Å². The molecule has 0 amide bonds. The van der Waals surface area contributed by atoms with E-state index in [2.05, 4.69) is 5.32 Å². The molecule has 0 aliphatic rings. The third-order valence-electron chi connectivity index (χ3n) is 2.55. The number of rotatable bonds is 4. The van der Waals surface area contributed by atoms with Gasteiger partial charge in [0.05, 0.1) is 0 Å². The van der Waals surface area contributed by atoms with Crippen LogP contribution in [-0.4, -0.2) is 11.1 Å². The van der Waals surface area contributed by atoms with Gasteiger partial charge in [0.15, 0.2) is 6.04 Å². The lowest BCUT2D eigenvalue weighted by atomic mass is 10.1. The summed E-state index contributed by atoms with van der Waals surface area (Å²) in [7, 11) is 0. The zero-order chi connectivity index (χ0) is 13.8. The molecule has 0 heterocycles. The van der Waals surface area contributed by atoms with Crippen molar-refractivity contribution in [1.82, 2.24) is 0 Å². The number of aliphatic carboxylic acids is 1. The monoisotopic (exact) mass is 295 g/mol. The molecule has 19 heavy (non-hydrogen) atoms. The van der Waals surface area contributed by atoms with Crippen molar-refractivity contribution < 1.29 is 9.90 Å². The van der Waals surface area contributed by atoms with E-state index in [0.29, 0.717) is 21.3 Å². The van der Waals surface area contributed by atoms with Crippen molar-refractivity contribution in [1.29, 1.82) is 0 Å². The number of benzene rings is 2. The quantitative estimate of drug-likeness (QED) is 0.887. The molecule has 0 aliphatic heterocycles. The first-order valence-electron chi connectivity index (χ1n) is 5.56. The topological polar surface area (TPSA) is 49.3 Å². The van der Waals surface area contributed by atoms with Crippen molar-refractivity contribution in [2.24, 2.45) is 0 Å². The number of carboxylic acids is 1. The predicted molar refractivity (Wildman–Crippen MR) is 76.9 cm³/mol. The van der Waals surface area contributed by atoms with Gasteiger partial charge in [0.2, 0.25) is 0 Å². The van der Waals surface area contributed by atoms with Crippen molar-refractivity contribution in [3.05, 3.63) is 64.1 Å². The van der Waals surface area contributed by atoms with E-state index in [1.165, 1.54) is 0 Å². The molecule has 2 N–H and O–H groups in total. The Kier molecular flexibility index (Phi) is 4.30. The Morgan fingerprint density at radius 2 is 1.63 bits per heavy atom. The molecule has 0 saturated carbocycles. The Bertz CT molecular complexity index is 567. The maximum atomic E-state index is 11.3. The predicted octanol–water partition coefficient (Wildman–Crippen LogP) is 4.23. The van der Waals surface area contributed by atoms with Crippen LogP contribution in [-0.2, 0) is 4.79 Å². The zero-order valence-corrected chi connectivity index (χ0v) is 11.3. The van der Waals surface area contributed by atoms with Gasteiger partial charge < -0.3 is 10.4 Å². The van der Waals surface area contributed by atoms with Gasteiger partial charge in [0.25, 0.3) is 0 Å². The highest BCUT2D eigenvalue weighted by atomic mass is 35.5. The summed E-state index contributed by atoms with van der Waals surface area (Å²) in [5.41, 5.74) is 1.22. The molecule has 1 atom stereocenters. The van der Waals surface area contributed by atoms with E-state index in [-0.39, 0.29) is 0 Å². The van der Waals surface area contributed by atoms with E-state index >= 15 is 0 Å². The van der Waals surface area contributed by atoms with Crippen LogP contribution in [0.5, 0.6) is 0 Å². The SMILES string of the molecule is O=C(O)C(Nc1cc(Cl)cc(Cl)c1)c1ccccc1. The van der Waals surface area contributed by atoms with Crippen LogP contribution in [0.3, 0.4) is 0 Å². The number of hydrogen-bond donors (Lipinski definition) is 2. The van der Waals surface area contributed by atoms with Gasteiger partial charge in [-0.2, -0.15) is 0 Å². The highest BCUT2D eigenvalue weighted by molar-refractivity contribution is 6.35. The molecule has 2 rings (SSSR count). The Morgan fingerprint density at radius 1 is 1.05 bits per heavy atom. The largest absolute Gasteiger partial charge is 0.479 e. The molecule has 0 radical (unpaired) electrons. The first-order valence-corrected chi connectivity index (χ1v) is 6.32. The van der Waals surface area contributed by atoms with Crippen LogP contribution in [0.15, 0.2) is 48.5 Å². The van der Waals surface area contributed by atoms with Crippen molar-refractivity contribution >= 4 is 34.9 Å². The minimum Gasteiger partial charge on any atom is -0.479 e. The minimum atomic E-state index is -0.970. The van der Waals surface area contributed by atoms with Gasteiger partial charge in [0, 0.05) is 15.7 Å². The van der Waals surface area contributed by atoms with Crippen LogP contribution in [0.25, 0.3) is 0 Å². The summed E-state index contributed by atoms with van der Waals surface area (Å²) in [4.78, 5) is 11.3. The number of nitrogens with one attached hydrogen (secondary N) is 1. The van der Waals surface area contributed by atoms with Gasteiger partial charge >= 0.3 is 5.97 Å². The standard InChI is InChI=1S/C14H11Cl2NO2/c15-10-6-11(16)8-12(7-10)17-13(14(18)19)9-4-2-1-3-5-9/h1-8,13,17H,(H,18,19). The Labute approximate surface area is 120 Å². The molecule has 0 fully saturated rings. The van der Waals surface area contributed by atoms with Gasteiger partial charge in [-0.3, -0.25) is 0 Å². The lowest BCUT2D eigenvalue weighted by Gasteiger charge is -2.16. The van der Waals surface area contributed by atoms with Crippen LogP contribution < -0.4 is 5.32 Å². The average molecular weight is 296 g/mol. The second kappa shape index (κ2) is 5.95. The Morgan fingerprint density at radius 3 is 2.16 bits per heavy atom. The van der Waals surface area contributed by atoms with Crippen molar-refractivity contribution in [3.8, 4) is 0 Å². The van der Waals surface area contributed by atoms with E-state index in [0.717, 1.165) is 0 Å². The van der Waals surface area contributed by atoms with Gasteiger partial charge in [0.1, 0.15) is 0 Å². The molecule has 5 heteroatoms. The summed E-state index contributed by atoms with van der Waals surface area (Å²) in [6, 6.07) is 12.9. The molecule has 2 aromatic rings. The number of hydrogen-bond acceptors (Lipinski definition) is 2. The molecule has 3 nitrogen and oxygen atoms in total. The maximum absolute atomic E-state index is 11.3. The summed E-state index contributed by atoms with van der Waals surface area (Å²) in [6.07, 6.45) is 0. The van der Waals surface area contributed by atoms with E-state index in [4.69, 9.17) is 23.2 Å². The fourth-order valence-electron chi connectivity index (χ4n) is 1.74. The second-order valence-electron chi connectivity index (χ2n) is 3.98.